The standard InChI is InChI=1S/C13H16ClNO4S/c14-20(17,18)12-3-1-2-11(8-12)13(16)15-9-10-4-6-19-7-5-10/h1-3,8,10H,4-7,9H2,(H,15,16). The minimum Gasteiger partial charge on any atom is -0.381 e. The minimum atomic E-state index is -3.82. The number of benzene rings is 1. The van der Waals surface area contributed by atoms with Crippen LogP contribution in [0.15, 0.2) is 29.2 Å². The summed E-state index contributed by atoms with van der Waals surface area (Å²) in [6.07, 6.45) is 1.85. The molecule has 0 aliphatic carbocycles. The summed E-state index contributed by atoms with van der Waals surface area (Å²) in [6, 6.07) is 5.70. The summed E-state index contributed by atoms with van der Waals surface area (Å²) in [4.78, 5) is 11.9. The molecule has 110 valence electrons. The molecule has 0 radical (unpaired) electrons. The Labute approximate surface area is 122 Å². The van der Waals surface area contributed by atoms with Gasteiger partial charge in [0.05, 0.1) is 4.90 Å². The van der Waals surface area contributed by atoms with Crippen molar-refractivity contribution < 1.29 is 17.9 Å². The molecule has 0 atom stereocenters. The van der Waals surface area contributed by atoms with Gasteiger partial charge >= 0.3 is 0 Å². The smallest absolute Gasteiger partial charge is 0.261 e. The first-order valence-corrected chi connectivity index (χ1v) is 8.68. The SMILES string of the molecule is O=C(NCC1CCOCC1)c1cccc(S(=O)(=O)Cl)c1. The van der Waals surface area contributed by atoms with E-state index >= 15 is 0 Å². The molecule has 1 aliphatic heterocycles. The number of rotatable bonds is 4. The van der Waals surface area contributed by atoms with Crippen LogP contribution in [0.2, 0.25) is 0 Å². The van der Waals surface area contributed by atoms with Gasteiger partial charge in [-0.2, -0.15) is 0 Å². The average Bonchev–Trinajstić information content (AvgIpc) is 2.45. The quantitative estimate of drug-likeness (QED) is 0.859. The Hall–Kier alpha value is -1.11. The van der Waals surface area contributed by atoms with Crippen LogP contribution in [0, 0.1) is 5.92 Å². The maximum atomic E-state index is 12.0. The second kappa shape index (κ2) is 6.56. The molecule has 1 heterocycles. The van der Waals surface area contributed by atoms with Gasteiger partial charge in [0.25, 0.3) is 15.0 Å². The highest BCUT2D eigenvalue weighted by molar-refractivity contribution is 8.13. The maximum Gasteiger partial charge on any atom is 0.261 e. The van der Waals surface area contributed by atoms with Gasteiger partial charge in [-0.25, -0.2) is 8.42 Å². The zero-order valence-corrected chi connectivity index (χ0v) is 12.4. The van der Waals surface area contributed by atoms with Crippen LogP contribution in [0.5, 0.6) is 0 Å². The molecule has 0 spiro atoms. The number of hydrogen-bond donors (Lipinski definition) is 1. The molecule has 2 rings (SSSR count). The Morgan fingerprint density at radius 2 is 2.05 bits per heavy atom. The predicted molar refractivity (Wildman–Crippen MR) is 75.4 cm³/mol. The number of hydrogen-bond acceptors (Lipinski definition) is 4. The monoisotopic (exact) mass is 317 g/mol. The van der Waals surface area contributed by atoms with E-state index in [4.69, 9.17) is 15.4 Å². The van der Waals surface area contributed by atoms with E-state index < -0.39 is 9.05 Å². The van der Waals surface area contributed by atoms with Crippen LogP contribution in [0.1, 0.15) is 23.2 Å². The molecule has 7 heteroatoms. The summed E-state index contributed by atoms with van der Waals surface area (Å²) in [5, 5.41) is 2.81. The highest BCUT2D eigenvalue weighted by atomic mass is 35.7. The predicted octanol–water partition coefficient (Wildman–Crippen LogP) is 1.77. The first-order valence-electron chi connectivity index (χ1n) is 6.37. The van der Waals surface area contributed by atoms with Crippen molar-refractivity contribution in [3.63, 3.8) is 0 Å². The Morgan fingerprint density at radius 3 is 2.70 bits per heavy atom. The zero-order valence-electron chi connectivity index (χ0n) is 10.8. The molecule has 20 heavy (non-hydrogen) atoms. The molecule has 1 amide bonds. The third-order valence-electron chi connectivity index (χ3n) is 3.27. The Balaban J connectivity index is 1.98. The number of halogens is 1. The third-order valence-corrected chi connectivity index (χ3v) is 4.62. The molecule has 0 saturated carbocycles. The number of carbonyl (C=O) groups excluding carboxylic acids is 1. The van der Waals surface area contributed by atoms with E-state index in [0.29, 0.717) is 18.0 Å². The van der Waals surface area contributed by atoms with Crippen LogP contribution < -0.4 is 5.32 Å². The van der Waals surface area contributed by atoms with E-state index in [1.165, 1.54) is 18.2 Å². The summed E-state index contributed by atoms with van der Waals surface area (Å²) >= 11 is 0. The van der Waals surface area contributed by atoms with E-state index in [2.05, 4.69) is 5.32 Å². The Bertz CT molecular complexity index is 582. The lowest BCUT2D eigenvalue weighted by molar-refractivity contribution is 0.0642. The fourth-order valence-corrected chi connectivity index (χ4v) is 2.88. The van der Waals surface area contributed by atoms with Crippen LogP contribution in [0.4, 0.5) is 0 Å². The van der Waals surface area contributed by atoms with Crippen LogP contribution >= 0.6 is 10.7 Å². The van der Waals surface area contributed by atoms with Crippen molar-refractivity contribution in [1.82, 2.24) is 5.32 Å². The Morgan fingerprint density at radius 1 is 1.35 bits per heavy atom. The number of nitrogens with one attached hydrogen (secondary N) is 1. The summed E-state index contributed by atoms with van der Waals surface area (Å²) < 4.78 is 27.7. The van der Waals surface area contributed by atoms with Crippen LogP contribution in [-0.2, 0) is 13.8 Å². The normalized spacial score (nSPS) is 16.9. The van der Waals surface area contributed by atoms with E-state index in [9.17, 15) is 13.2 Å². The molecule has 1 aromatic carbocycles. The molecule has 1 fully saturated rings. The van der Waals surface area contributed by atoms with Crippen molar-refractivity contribution in [2.24, 2.45) is 5.92 Å². The van der Waals surface area contributed by atoms with Crippen molar-refractivity contribution in [1.29, 1.82) is 0 Å². The first kappa shape index (κ1) is 15.3. The van der Waals surface area contributed by atoms with Gasteiger partial charge in [-0.3, -0.25) is 4.79 Å². The van der Waals surface area contributed by atoms with Gasteiger partial charge < -0.3 is 10.1 Å². The summed E-state index contributed by atoms with van der Waals surface area (Å²) in [5.41, 5.74) is 0.291. The minimum absolute atomic E-state index is 0.0714. The van der Waals surface area contributed by atoms with E-state index in [1.807, 2.05) is 0 Å². The molecule has 1 aromatic rings. The summed E-state index contributed by atoms with van der Waals surface area (Å²) in [5.74, 6) is 0.117. The van der Waals surface area contributed by atoms with Gasteiger partial charge in [-0.15, -0.1) is 0 Å². The fraction of sp³-hybridized carbons (Fsp3) is 0.462. The van der Waals surface area contributed by atoms with Crippen molar-refractivity contribution in [2.75, 3.05) is 19.8 Å². The first-order chi connectivity index (χ1) is 9.47. The molecule has 1 saturated heterocycles. The highest BCUT2D eigenvalue weighted by Gasteiger charge is 2.16. The molecular weight excluding hydrogens is 302 g/mol. The van der Waals surface area contributed by atoms with Crippen molar-refractivity contribution in [3.05, 3.63) is 29.8 Å². The van der Waals surface area contributed by atoms with Gasteiger partial charge in [0.1, 0.15) is 0 Å². The van der Waals surface area contributed by atoms with E-state index in [0.717, 1.165) is 26.1 Å². The maximum absolute atomic E-state index is 12.0. The largest absolute Gasteiger partial charge is 0.381 e. The van der Waals surface area contributed by atoms with E-state index in [1.54, 1.807) is 6.07 Å². The topological polar surface area (TPSA) is 72.5 Å². The second-order valence-electron chi connectivity index (χ2n) is 4.73. The fourth-order valence-electron chi connectivity index (χ4n) is 2.08. The molecule has 0 aromatic heterocycles. The Kier molecular flexibility index (Phi) is 5.01. The molecular formula is C13H16ClNO4S. The molecule has 1 aliphatic rings. The molecule has 0 unspecified atom stereocenters. The molecule has 5 nitrogen and oxygen atoms in total. The van der Waals surface area contributed by atoms with Gasteiger partial charge in [-0.1, -0.05) is 6.07 Å². The lowest BCUT2D eigenvalue weighted by Gasteiger charge is -2.22. The van der Waals surface area contributed by atoms with Crippen molar-refractivity contribution in [3.8, 4) is 0 Å². The highest BCUT2D eigenvalue weighted by Crippen LogP contribution is 2.17. The van der Waals surface area contributed by atoms with Gasteiger partial charge in [0.15, 0.2) is 0 Å². The lowest BCUT2D eigenvalue weighted by Crippen LogP contribution is -2.32. The summed E-state index contributed by atoms with van der Waals surface area (Å²) in [7, 11) is 1.44. The second-order valence-corrected chi connectivity index (χ2v) is 7.30. The zero-order chi connectivity index (χ0) is 14.6. The molecule has 0 bridgehead atoms. The molecule has 1 N–H and O–H groups in total. The van der Waals surface area contributed by atoms with Gasteiger partial charge in [-0.05, 0) is 37.0 Å². The number of amides is 1. The average molecular weight is 318 g/mol. The van der Waals surface area contributed by atoms with Gasteiger partial charge in [0, 0.05) is 36.0 Å². The number of carbonyl (C=O) groups is 1. The van der Waals surface area contributed by atoms with E-state index in [-0.39, 0.29) is 10.8 Å². The summed E-state index contributed by atoms with van der Waals surface area (Å²) in [6.45, 7) is 2.01. The van der Waals surface area contributed by atoms with Gasteiger partial charge in [0.2, 0.25) is 0 Å². The van der Waals surface area contributed by atoms with Crippen LogP contribution in [0.3, 0.4) is 0 Å². The third kappa shape index (κ3) is 4.19. The van der Waals surface area contributed by atoms with Crippen molar-refractivity contribution >= 4 is 25.6 Å². The number of ether oxygens (including phenoxy) is 1. The lowest BCUT2D eigenvalue weighted by atomic mass is 10.0. The van der Waals surface area contributed by atoms with Crippen LogP contribution in [0.25, 0.3) is 0 Å². The van der Waals surface area contributed by atoms with Crippen molar-refractivity contribution in [2.45, 2.75) is 17.7 Å². The van der Waals surface area contributed by atoms with Crippen LogP contribution in [-0.4, -0.2) is 34.1 Å².